The highest BCUT2D eigenvalue weighted by molar-refractivity contribution is 6.31. The van der Waals surface area contributed by atoms with Crippen LogP contribution in [0, 0.1) is 6.92 Å². The number of hydrogen-bond acceptors (Lipinski definition) is 5. The maximum absolute atomic E-state index is 12.4. The van der Waals surface area contributed by atoms with Gasteiger partial charge in [0.1, 0.15) is 17.3 Å². The molecule has 0 saturated heterocycles. The molecule has 0 unspecified atom stereocenters. The Kier molecular flexibility index (Phi) is 6.45. The lowest BCUT2D eigenvalue weighted by Gasteiger charge is -2.10. The number of para-hydroxylation sites is 1. The summed E-state index contributed by atoms with van der Waals surface area (Å²) in [6, 6.07) is 13.2. The Morgan fingerprint density at radius 2 is 1.96 bits per heavy atom. The average molecular weight is 397 g/mol. The van der Waals surface area contributed by atoms with Gasteiger partial charge in [0.25, 0.3) is 5.91 Å². The van der Waals surface area contributed by atoms with Crippen molar-refractivity contribution in [2.24, 2.45) is 0 Å². The first-order chi connectivity index (χ1) is 13.6. The normalized spacial score (nSPS) is 10.4. The van der Waals surface area contributed by atoms with E-state index in [0.717, 1.165) is 23.3 Å². The van der Waals surface area contributed by atoms with Crippen LogP contribution in [-0.4, -0.2) is 29.5 Å². The molecule has 1 aromatic heterocycles. The minimum atomic E-state index is -0.335. The first-order valence-corrected chi connectivity index (χ1v) is 9.20. The van der Waals surface area contributed by atoms with E-state index in [1.54, 1.807) is 25.4 Å². The van der Waals surface area contributed by atoms with Gasteiger partial charge in [0, 0.05) is 17.3 Å². The second-order valence-electron chi connectivity index (χ2n) is 6.19. The molecule has 0 aliphatic heterocycles. The molecule has 0 bridgehead atoms. The van der Waals surface area contributed by atoms with Gasteiger partial charge in [0.15, 0.2) is 0 Å². The van der Waals surface area contributed by atoms with Crippen molar-refractivity contribution in [2.75, 3.05) is 24.3 Å². The van der Waals surface area contributed by atoms with Crippen molar-refractivity contribution in [3.63, 3.8) is 0 Å². The van der Waals surface area contributed by atoms with Crippen LogP contribution >= 0.6 is 11.6 Å². The van der Waals surface area contributed by atoms with Crippen LogP contribution in [0.15, 0.2) is 54.9 Å². The highest BCUT2D eigenvalue weighted by atomic mass is 35.5. The second-order valence-corrected chi connectivity index (χ2v) is 6.63. The van der Waals surface area contributed by atoms with E-state index in [2.05, 4.69) is 20.6 Å². The van der Waals surface area contributed by atoms with Crippen LogP contribution in [0.2, 0.25) is 5.02 Å². The number of aromatic nitrogens is 2. The lowest BCUT2D eigenvalue weighted by Crippen LogP contribution is -2.15. The van der Waals surface area contributed by atoms with Crippen molar-refractivity contribution in [1.29, 1.82) is 0 Å². The van der Waals surface area contributed by atoms with Crippen LogP contribution in [0.4, 0.5) is 11.5 Å². The topological polar surface area (TPSA) is 76.1 Å². The lowest BCUT2D eigenvalue weighted by molar-refractivity contribution is 0.102. The van der Waals surface area contributed by atoms with E-state index >= 15 is 0 Å². The number of carbonyl (C=O) groups is 1. The van der Waals surface area contributed by atoms with E-state index < -0.39 is 0 Å². The molecule has 2 N–H and O–H groups in total. The lowest BCUT2D eigenvalue weighted by atomic mass is 10.1. The maximum atomic E-state index is 12.4. The molecule has 6 nitrogen and oxygen atoms in total. The molecule has 3 aromatic rings. The van der Waals surface area contributed by atoms with Crippen LogP contribution in [0.1, 0.15) is 21.6 Å². The third-order valence-corrected chi connectivity index (χ3v) is 4.46. The summed E-state index contributed by atoms with van der Waals surface area (Å²) >= 11 is 5.98. The van der Waals surface area contributed by atoms with E-state index in [9.17, 15) is 4.79 Å². The number of nitrogens with one attached hydrogen (secondary N) is 2. The average Bonchev–Trinajstić information content (AvgIpc) is 2.71. The predicted molar refractivity (Wildman–Crippen MR) is 111 cm³/mol. The van der Waals surface area contributed by atoms with Crippen LogP contribution in [0.3, 0.4) is 0 Å². The molecular weight excluding hydrogens is 376 g/mol. The van der Waals surface area contributed by atoms with E-state index in [-0.39, 0.29) is 11.6 Å². The van der Waals surface area contributed by atoms with Gasteiger partial charge in [-0.1, -0.05) is 35.9 Å². The number of ether oxygens (including phenoxy) is 1. The Hall–Kier alpha value is -3.12. The van der Waals surface area contributed by atoms with Crippen molar-refractivity contribution in [3.8, 4) is 5.75 Å². The molecule has 0 aliphatic rings. The van der Waals surface area contributed by atoms with Crippen molar-refractivity contribution in [1.82, 2.24) is 9.97 Å². The molecule has 0 fully saturated rings. The summed E-state index contributed by atoms with van der Waals surface area (Å²) in [6.07, 6.45) is 3.77. The molecule has 3 rings (SSSR count). The Balaban J connectivity index is 1.57. The highest BCUT2D eigenvalue weighted by Crippen LogP contribution is 2.21. The molecule has 144 valence electrons. The fourth-order valence-corrected chi connectivity index (χ4v) is 2.86. The summed E-state index contributed by atoms with van der Waals surface area (Å²) < 4.78 is 5.35. The maximum Gasteiger partial charge on any atom is 0.275 e. The van der Waals surface area contributed by atoms with Crippen molar-refractivity contribution >= 4 is 29.0 Å². The summed E-state index contributed by atoms with van der Waals surface area (Å²) in [5.41, 5.74) is 2.91. The molecule has 0 spiro atoms. The van der Waals surface area contributed by atoms with Gasteiger partial charge in [-0.3, -0.25) is 4.79 Å². The second kappa shape index (κ2) is 9.19. The minimum Gasteiger partial charge on any atom is -0.496 e. The number of anilines is 2. The van der Waals surface area contributed by atoms with E-state index in [1.807, 2.05) is 37.3 Å². The Morgan fingerprint density at radius 1 is 1.14 bits per heavy atom. The summed E-state index contributed by atoms with van der Waals surface area (Å²) in [5, 5.41) is 6.56. The number of amides is 1. The number of halogens is 1. The molecular formula is C21H21ClN4O2. The first kappa shape index (κ1) is 19.6. The zero-order valence-electron chi connectivity index (χ0n) is 15.7. The van der Waals surface area contributed by atoms with Gasteiger partial charge < -0.3 is 15.4 Å². The standard InChI is InChI=1S/C21H21ClN4O2/c1-14-7-8-16(22)11-17(14)26-21(27)18-12-25-20(13-24-18)23-10-9-15-5-3-4-6-19(15)28-2/h3-8,11-13H,9-10H2,1-2H3,(H,23,25)(H,26,27). The number of benzene rings is 2. The van der Waals surface area contributed by atoms with Crippen LogP contribution < -0.4 is 15.4 Å². The van der Waals surface area contributed by atoms with Gasteiger partial charge in [0.2, 0.25) is 0 Å². The first-order valence-electron chi connectivity index (χ1n) is 8.82. The number of hydrogen-bond donors (Lipinski definition) is 2. The van der Waals surface area contributed by atoms with Gasteiger partial charge >= 0.3 is 0 Å². The van der Waals surface area contributed by atoms with Crippen molar-refractivity contribution in [2.45, 2.75) is 13.3 Å². The molecule has 28 heavy (non-hydrogen) atoms. The molecule has 0 atom stereocenters. The van der Waals surface area contributed by atoms with Crippen LogP contribution in [-0.2, 0) is 6.42 Å². The molecule has 0 aliphatic carbocycles. The number of nitrogens with zero attached hydrogens (tertiary/aromatic N) is 2. The summed E-state index contributed by atoms with van der Waals surface area (Å²) in [6.45, 7) is 2.56. The van der Waals surface area contributed by atoms with Gasteiger partial charge in [-0.05, 0) is 42.7 Å². The fraction of sp³-hybridized carbons (Fsp3) is 0.190. The quantitative estimate of drug-likeness (QED) is 0.620. The van der Waals surface area contributed by atoms with Crippen molar-refractivity contribution in [3.05, 3.63) is 76.7 Å². The van der Waals surface area contributed by atoms with Gasteiger partial charge in [-0.15, -0.1) is 0 Å². The third kappa shape index (κ3) is 4.98. The highest BCUT2D eigenvalue weighted by Gasteiger charge is 2.10. The monoisotopic (exact) mass is 396 g/mol. The van der Waals surface area contributed by atoms with Gasteiger partial charge in [-0.25, -0.2) is 9.97 Å². The SMILES string of the molecule is COc1ccccc1CCNc1cnc(C(=O)Nc2cc(Cl)ccc2C)cn1. The third-order valence-electron chi connectivity index (χ3n) is 4.23. The fourth-order valence-electron chi connectivity index (χ4n) is 2.69. The summed E-state index contributed by atoms with van der Waals surface area (Å²) in [5.74, 6) is 1.13. The predicted octanol–water partition coefficient (Wildman–Crippen LogP) is 4.35. The Bertz CT molecular complexity index is 961. The molecule has 1 amide bonds. The minimum absolute atomic E-state index is 0.231. The number of carbonyl (C=O) groups excluding carboxylic acids is 1. The largest absolute Gasteiger partial charge is 0.496 e. The van der Waals surface area contributed by atoms with E-state index in [4.69, 9.17) is 16.3 Å². The van der Waals surface area contributed by atoms with Crippen LogP contribution in [0.25, 0.3) is 0 Å². The Morgan fingerprint density at radius 3 is 2.71 bits per heavy atom. The summed E-state index contributed by atoms with van der Waals surface area (Å²) in [4.78, 5) is 20.8. The molecule has 0 radical (unpaired) electrons. The van der Waals surface area contributed by atoms with E-state index in [1.165, 1.54) is 6.20 Å². The van der Waals surface area contributed by atoms with Gasteiger partial charge in [0.05, 0.1) is 19.5 Å². The smallest absolute Gasteiger partial charge is 0.275 e. The molecule has 0 saturated carbocycles. The number of rotatable bonds is 7. The van der Waals surface area contributed by atoms with Crippen molar-refractivity contribution < 1.29 is 9.53 Å². The van der Waals surface area contributed by atoms with E-state index in [0.29, 0.717) is 23.1 Å². The number of aryl methyl sites for hydroxylation is 1. The molecule has 7 heteroatoms. The summed E-state index contributed by atoms with van der Waals surface area (Å²) in [7, 11) is 1.66. The zero-order valence-corrected chi connectivity index (χ0v) is 16.5. The van der Waals surface area contributed by atoms with Gasteiger partial charge in [-0.2, -0.15) is 0 Å². The number of methoxy groups -OCH3 is 1. The Labute approximate surface area is 168 Å². The zero-order chi connectivity index (χ0) is 19.9. The molecule has 1 heterocycles. The van der Waals surface area contributed by atoms with Crippen LogP contribution in [0.5, 0.6) is 5.75 Å². The molecule has 2 aromatic carbocycles.